The lowest BCUT2D eigenvalue weighted by molar-refractivity contribution is -0.139. The lowest BCUT2D eigenvalue weighted by atomic mass is 10.1. The number of thioether (sulfide) groups is 1. The molecule has 6 nitrogen and oxygen atoms in total. The van der Waals surface area contributed by atoms with Crippen LogP contribution in [0.25, 0.3) is 0 Å². The SMILES string of the molecule is CSc1ccc(C(=O)NC(CCS(C)(=O)=O)C(=O)O)cc1. The highest BCUT2D eigenvalue weighted by atomic mass is 32.2. The number of amides is 1. The summed E-state index contributed by atoms with van der Waals surface area (Å²) in [6.45, 7) is 0. The molecule has 116 valence electrons. The number of hydrogen-bond donors (Lipinski definition) is 2. The summed E-state index contributed by atoms with van der Waals surface area (Å²) in [5.41, 5.74) is 0.332. The van der Waals surface area contributed by atoms with E-state index in [1.165, 1.54) is 11.8 Å². The van der Waals surface area contributed by atoms with Gasteiger partial charge in [0.2, 0.25) is 0 Å². The van der Waals surface area contributed by atoms with Crippen molar-refractivity contribution in [1.29, 1.82) is 0 Å². The maximum Gasteiger partial charge on any atom is 0.326 e. The zero-order valence-electron chi connectivity index (χ0n) is 11.7. The summed E-state index contributed by atoms with van der Waals surface area (Å²) >= 11 is 1.53. The predicted molar refractivity (Wildman–Crippen MR) is 81.4 cm³/mol. The van der Waals surface area contributed by atoms with Crippen LogP contribution in [0.2, 0.25) is 0 Å². The highest BCUT2D eigenvalue weighted by Gasteiger charge is 2.22. The summed E-state index contributed by atoms with van der Waals surface area (Å²) in [6, 6.07) is 5.47. The second-order valence-electron chi connectivity index (χ2n) is 4.51. The van der Waals surface area contributed by atoms with E-state index < -0.39 is 27.8 Å². The van der Waals surface area contributed by atoms with Gasteiger partial charge in [-0.15, -0.1) is 11.8 Å². The zero-order chi connectivity index (χ0) is 16.0. The highest BCUT2D eigenvalue weighted by Crippen LogP contribution is 2.15. The number of aliphatic carboxylic acids is 1. The van der Waals surface area contributed by atoms with Gasteiger partial charge in [0.1, 0.15) is 15.9 Å². The van der Waals surface area contributed by atoms with Crippen molar-refractivity contribution < 1.29 is 23.1 Å². The molecule has 0 saturated carbocycles. The van der Waals surface area contributed by atoms with E-state index in [1.807, 2.05) is 6.26 Å². The van der Waals surface area contributed by atoms with Crippen LogP contribution in [0.15, 0.2) is 29.2 Å². The number of sulfone groups is 1. The molecule has 1 rings (SSSR count). The maximum absolute atomic E-state index is 12.0. The minimum atomic E-state index is -3.28. The van der Waals surface area contributed by atoms with Crippen LogP contribution < -0.4 is 5.32 Å². The molecule has 0 heterocycles. The number of nitrogens with one attached hydrogen (secondary N) is 1. The van der Waals surface area contributed by atoms with E-state index in [0.29, 0.717) is 5.56 Å². The topological polar surface area (TPSA) is 101 Å². The van der Waals surface area contributed by atoms with Crippen LogP contribution in [0.4, 0.5) is 0 Å². The maximum atomic E-state index is 12.0. The van der Waals surface area contributed by atoms with Gasteiger partial charge in [0.15, 0.2) is 0 Å². The normalized spacial score (nSPS) is 12.7. The van der Waals surface area contributed by atoms with Gasteiger partial charge < -0.3 is 10.4 Å². The van der Waals surface area contributed by atoms with Crippen LogP contribution in [0.5, 0.6) is 0 Å². The molecule has 0 fully saturated rings. The fourth-order valence-electron chi connectivity index (χ4n) is 1.57. The van der Waals surface area contributed by atoms with Gasteiger partial charge in [-0.3, -0.25) is 4.79 Å². The summed E-state index contributed by atoms with van der Waals surface area (Å²) in [7, 11) is -3.28. The van der Waals surface area contributed by atoms with Gasteiger partial charge in [0.05, 0.1) is 5.75 Å². The van der Waals surface area contributed by atoms with Crippen molar-refractivity contribution in [2.75, 3.05) is 18.3 Å². The Balaban J connectivity index is 2.73. The molecule has 1 atom stereocenters. The molecule has 1 unspecified atom stereocenters. The Hall–Kier alpha value is -1.54. The van der Waals surface area contributed by atoms with E-state index in [1.54, 1.807) is 24.3 Å². The molecule has 0 spiro atoms. The molecule has 2 N–H and O–H groups in total. The first-order chi connectivity index (χ1) is 9.73. The molecule has 1 amide bonds. The van der Waals surface area contributed by atoms with Crippen molar-refractivity contribution in [1.82, 2.24) is 5.32 Å². The Kier molecular flexibility index (Phi) is 6.22. The van der Waals surface area contributed by atoms with Crippen LogP contribution in [-0.2, 0) is 14.6 Å². The zero-order valence-corrected chi connectivity index (χ0v) is 13.3. The van der Waals surface area contributed by atoms with E-state index in [0.717, 1.165) is 11.2 Å². The Morgan fingerprint density at radius 2 is 1.86 bits per heavy atom. The average molecular weight is 331 g/mol. The number of carboxylic acid groups (broad SMARTS) is 1. The fourth-order valence-corrected chi connectivity index (χ4v) is 2.65. The lowest BCUT2D eigenvalue weighted by Gasteiger charge is -2.14. The highest BCUT2D eigenvalue weighted by molar-refractivity contribution is 7.98. The molecule has 0 radical (unpaired) electrons. The van der Waals surface area contributed by atoms with Gasteiger partial charge in [-0.05, 0) is 36.9 Å². The molecule has 0 aliphatic heterocycles. The van der Waals surface area contributed by atoms with Crippen molar-refractivity contribution >= 4 is 33.5 Å². The number of carboxylic acids is 1. The number of benzene rings is 1. The summed E-state index contributed by atoms with van der Waals surface area (Å²) in [5.74, 6) is -2.09. The third-order valence-corrected chi connectivity index (χ3v) is 4.45. The van der Waals surface area contributed by atoms with E-state index in [9.17, 15) is 18.0 Å². The average Bonchev–Trinajstić information content (AvgIpc) is 2.42. The summed E-state index contributed by atoms with van der Waals surface area (Å²) in [4.78, 5) is 24.0. The lowest BCUT2D eigenvalue weighted by Crippen LogP contribution is -2.41. The number of hydrogen-bond acceptors (Lipinski definition) is 5. The molecule has 0 bridgehead atoms. The number of carbonyl (C=O) groups is 2. The van der Waals surface area contributed by atoms with Crippen molar-refractivity contribution in [3.05, 3.63) is 29.8 Å². The summed E-state index contributed by atoms with van der Waals surface area (Å²) in [5, 5.41) is 11.4. The Morgan fingerprint density at radius 3 is 2.29 bits per heavy atom. The molecule has 1 aromatic rings. The largest absolute Gasteiger partial charge is 0.480 e. The second kappa shape index (κ2) is 7.46. The van der Waals surface area contributed by atoms with Crippen LogP contribution in [0, 0.1) is 0 Å². The van der Waals surface area contributed by atoms with Gasteiger partial charge in [-0.1, -0.05) is 0 Å². The minimum Gasteiger partial charge on any atom is -0.480 e. The number of carbonyl (C=O) groups excluding carboxylic acids is 1. The summed E-state index contributed by atoms with van der Waals surface area (Å²) < 4.78 is 22.2. The van der Waals surface area contributed by atoms with Gasteiger partial charge in [-0.25, -0.2) is 13.2 Å². The molecular weight excluding hydrogens is 314 g/mol. The Labute approximate surface area is 127 Å². The fraction of sp³-hybridized carbons (Fsp3) is 0.385. The van der Waals surface area contributed by atoms with Gasteiger partial charge >= 0.3 is 5.97 Å². The van der Waals surface area contributed by atoms with Gasteiger partial charge in [-0.2, -0.15) is 0 Å². The van der Waals surface area contributed by atoms with Crippen molar-refractivity contribution in [2.45, 2.75) is 17.4 Å². The van der Waals surface area contributed by atoms with E-state index >= 15 is 0 Å². The van der Waals surface area contributed by atoms with Crippen molar-refractivity contribution in [3.63, 3.8) is 0 Å². The molecule has 1 aromatic carbocycles. The van der Waals surface area contributed by atoms with Crippen molar-refractivity contribution in [3.8, 4) is 0 Å². The minimum absolute atomic E-state index is 0.164. The van der Waals surface area contributed by atoms with Crippen LogP contribution in [0.1, 0.15) is 16.8 Å². The van der Waals surface area contributed by atoms with Gasteiger partial charge in [0.25, 0.3) is 5.91 Å². The van der Waals surface area contributed by atoms with Crippen LogP contribution >= 0.6 is 11.8 Å². The smallest absolute Gasteiger partial charge is 0.326 e. The first-order valence-corrected chi connectivity index (χ1v) is 9.37. The quantitative estimate of drug-likeness (QED) is 0.724. The Morgan fingerprint density at radius 1 is 1.29 bits per heavy atom. The third-order valence-electron chi connectivity index (χ3n) is 2.73. The van der Waals surface area contributed by atoms with E-state index in [4.69, 9.17) is 5.11 Å². The molecule has 21 heavy (non-hydrogen) atoms. The van der Waals surface area contributed by atoms with E-state index in [2.05, 4.69) is 5.32 Å². The summed E-state index contributed by atoms with van der Waals surface area (Å²) in [6.07, 6.45) is 2.76. The molecule has 0 aromatic heterocycles. The predicted octanol–water partition coefficient (Wildman–Crippen LogP) is 1.03. The van der Waals surface area contributed by atoms with Crippen LogP contribution in [-0.4, -0.2) is 49.7 Å². The Bertz CT molecular complexity index is 610. The van der Waals surface area contributed by atoms with E-state index in [-0.39, 0.29) is 12.2 Å². The van der Waals surface area contributed by atoms with Crippen LogP contribution in [0.3, 0.4) is 0 Å². The molecule has 0 aliphatic rings. The molecule has 8 heteroatoms. The third kappa shape index (κ3) is 6.17. The first-order valence-electron chi connectivity index (χ1n) is 6.08. The first kappa shape index (κ1) is 17.5. The number of rotatable bonds is 7. The monoisotopic (exact) mass is 331 g/mol. The standard InChI is InChI=1S/C13H17NO5S2/c1-20-10-5-3-9(4-6-10)12(15)14-11(13(16)17)7-8-21(2,18)19/h3-6,11H,7-8H2,1-2H3,(H,14,15)(H,16,17). The van der Waals surface area contributed by atoms with Crippen molar-refractivity contribution in [2.24, 2.45) is 0 Å². The van der Waals surface area contributed by atoms with Gasteiger partial charge in [0, 0.05) is 16.7 Å². The molecule has 0 saturated heterocycles. The molecular formula is C13H17NO5S2. The second-order valence-corrected chi connectivity index (χ2v) is 7.65. The molecule has 0 aliphatic carbocycles.